The molecule has 6 nitrogen and oxygen atoms in total. The Balaban J connectivity index is 1.86. The molecule has 0 aliphatic heterocycles. The molecule has 0 bridgehead atoms. The van der Waals surface area contributed by atoms with Crippen LogP contribution in [0.5, 0.6) is 11.5 Å². The maximum atomic E-state index is 5.80. The number of hydrogen-bond acceptors (Lipinski definition) is 6. The minimum absolute atomic E-state index is 0.461. The normalized spacial score (nSPS) is 10.6. The van der Waals surface area contributed by atoms with Gasteiger partial charge in [-0.1, -0.05) is 6.07 Å². The number of rotatable bonds is 7. The SMILES string of the molecule is COc1cc(-c2cccc(N)n2)c(OC)cc1CNCc1ccco1. The number of nitrogens with zero attached hydrogens (tertiary/aromatic N) is 1. The number of benzene rings is 1. The third-order valence-corrected chi connectivity index (χ3v) is 3.84. The average Bonchev–Trinajstić information content (AvgIpc) is 3.14. The molecule has 0 saturated carbocycles. The molecule has 25 heavy (non-hydrogen) atoms. The lowest BCUT2D eigenvalue weighted by atomic mass is 10.0. The number of nitrogen functional groups attached to an aromatic ring is 1. The lowest BCUT2D eigenvalue weighted by Gasteiger charge is -2.15. The first-order valence-corrected chi connectivity index (χ1v) is 7.92. The molecule has 3 aromatic rings. The number of pyridine rings is 1. The molecule has 3 rings (SSSR count). The van der Waals surface area contributed by atoms with Crippen LogP contribution in [0.3, 0.4) is 0 Å². The standard InChI is InChI=1S/C19H21N3O3/c1-23-17-10-15(16-6-3-7-19(20)22-16)18(24-2)9-13(17)11-21-12-14-5-4-8-25-14/h3-10,21H,11-12H2,1-2H3,(H2,20,22). The zero-order valence-electron chi connectivity index (χ0n) is 14.3. The molecule has 1 aromatic carbocycles. The quantitative estimate of drug-likeness (QED) is 0.688. The van der Waals surface area contributed by atoms with Crippen LogP contribution in [-0.4, -0.2) is 19.2 Å². The molecule has 0 radical (unpaired) electrons. The summed E-state index contributed by atoms with van der Waals surface area (Å²) in [6.07, 6.45) is 1.66. The number of furan rings is 1. The highest BCUT2D eigenvalue weighted by Gasteiger charge is 2.14. The Labute approximate surface area is 146 Å². The Morgan fingerprint density at radius 1 is 1.04 bits per heavy atom. The Kier molecular flexibility index (Phi) is 5.20. The summed E-state index contributed by atoms with van der Waals surface area (Å²) in [6.45, 7) is 1.25. The molecular formula is C19H21N3O3. The van der Waals surface area contributed by atoms with Gasteiger partial charge in [0.05, 0.1) is 32.7 Å². The number of hydrogen-bond donors (Lipinski definition) is 2. The summed E-state index contributed by atoms with van der Waals surface area (Å²) in [5, 5.41) is 3.33. The van der Waals surface area contributed by atoms with Gasteiger partial charge in [0.2, 0.25) is 0 Å². The maximum Gasteiger partial charge on any atom is 0.128 e. The Bertz CT molecular complexity index is 832. The Morgan fingerprint density at radius 2 is 1.88 bits per heavy atom. The van der Waals surface area contributed by atoms with Crippen LogP contribution in [0.25, 0.3) is 11.3 Å². The number of aromatic nitrogens is 1. The van der Waals surface area contributed by atoms with Crippen LogP contribution in [0.1, 0.15) is 11.3 Å². The van der Waals surface area contributed by atoms with Gasteiger partial charge in [-0.15, -0.1) is 0 Å². The van der Waals surface area contributed by atoms with Crippen LogP contribution in [0.2, 0.25) is 0 Å². The third kappa shape index (κ3) is 3.92. The largest absolute Gasteiger partial charge is 0.496 e. The summed E-state index contributed by atoms with van der Waals surface area (Å²) in [6, 6.07) is 13.2. The van der Waals surface area contributed by atoms with Crippen molar-refractivity contribution in [3.05, 3.63) is 60.1 Å². The summed E-state index contributed by atoms with van der Waals surface area (Å²) in [7, 11) is 3.28. The van der Waals surface area contributed by atoms with Gasteiger partial charge in [-0.05, 0) is 36.4 Å². The molecule has 0 saturated heterocycles. The molecule has 0 fully saturated rings. The second-order valence-electron chi connectivity index (χ2n) is 5.49. The molecule has 0 spiro atoms. The molecule has 2 aromatic heterocycles. The van der Waals surface area contributed by atoms with Crippen molar-refractivity contribution in [3.63, 3.8) is 0 Å². The van der Waals surface area contributed by atoms with E-state index in [1.807, 2.05) is 36.4 Å². The summed E-state index contributed by atoms with van der Waals surface area (Å²) >= 11 is 0. The topological polar surface area (TPSA) is 82.5 Å². The van der Waals surface area contributed by atoms with Crippen LogP contribution in [-0.2, 0) is 13.1 Å². The number of nitrogens with one attached hydrogen (secondary N) is 1. The maximum absolute atomic E-state index is 5.80. The van der Waals surface area contributed by atoms with E-state index in [0.29, 0.717) is 24.7 Å². The van der Waals surface area contributed by atoms with Crippen LogP contribution in [0.15, 0.2) is 53.1 Å². The molecule has 3 N–H and O–H groups in total. The van der Waals surface area contributed by atoms with Gasteiger partial charge in [-0.3, -0.25) is 0 Å². The highest BCUT2D eigenvalue weighted by molar-refractivity contribution is 5.71. The molecule has 0 aliphatic rings. The van der Waals surface area contributed by atoms with Gasteiger partial charge in [0.25, 0.3) is 0 Å². The van der Waals surface area contributed by atoms with Gasteiger partial charge in [0.1, 0.15) is 23.1 Å². The second-order valence-corrected chi connectivity index (χ2v) is 5.49. The zero-order valence-corrected chi connectivity index (χ0v) is 14.3. The van der Waals surface area contributed by atoms with Crippen molar-refractivity contribution in [3.8, 4) is 22.8 Å². The summed E-state index contributed by atoms with van der Waals surface area (Å²) in [4.78, 5) is 4.37. The van der Waals surface area contributed by atoms with Gasteiger partial charge in [-0.25, -0.2) is 4.98 Å². The van der Waals surface area contributed by atoms with Crippen LogP contribution in [0, 0.1) is 0 Å². The van der Waals surface area contributed by atoms with Crippen LogP contribution < -0.4 is 20.5 Å². The predicted octanol–water partition coefficient (Wildman–Crippen LogP) is 3.23. The third-order valence-electron chi connectivity index (χ3n) is 3.84. The lowest BCUT2D eigenvalue weighted by molar-refractivity contribution is 0.397. The number of methoxy groups -OCH3 is 2. The molecule has 0 amide bonds. The fourth-order valence-corrected chi connectivity index (χ4v) is 2.63. The fourth-order valence-electron chi connectivity index (χ4n) is 2.63. The highest BCUT2D eigenvalue weighted by Crippen LogP contribution is 2.35. The Morgan fingerprint density at radius 3 is 2.56 bits per heavy atom. The van der Waals surface area contributed by atoms with Crippen molar-refractivity contribution in [2.24, 2.45) is 0 Å². The smallest absolute Gasteiger partial charge is 0.128 e. The number of anilines is 1. The van der Waals surface area contributed by atoms with Gasteiger partial charge in [0, 0.05) is 17.7 Å². The van der Waals surface area contributed by atoms with Crippen molar-refractivity contribution in [1.82, 2.24) is 10.3 Å². The zero-order chi connectivity index (χ0) is 17.6. The summed E-state index contributed by atoms with van der Waals surface area (Å²) < 4.78 is 16.4. The first-order chi connectivity index (χ1) is 12.2. The van der Waals surface area contributed by atoms with E-state index < -0.39 is 0 Å². The lowest BCUT2D eigenvalue weighted by Crippen LogP contribution is -2.13. The molecule has 6 heteroatoms. The second kappa shape index (κ2) is 7.72. The summed E-state index contributed by atoms with van der Waals surface area (Å²) in [5.74, 6) is 2.81. The highest BCUT2D eigenvalue weighted by atomic mass is 16.5. The fraction of sp³-hybridized carbons (Fsp3) is 0.211. The van der Waals surface area contributed by atoms with E-state index in [2.05, 4.69) is 10.3 Å². The minimum atomic E-state index is 0.461. The van der Waals surface area contributed by atoms with Crippen LogP contribution in [0.4, 0.5) is 5.82 Å². The van der Waals surface area contributed by atoms with E-state index in [1.54, 1.807) is 26.5 Å². The van der Waals surface area contributed by atoms with Gasteiger partial charge in [-0.2, -0.15) is 0 Å². The number of ether oxygens (including phenoxy) is 2. The molecular weight excluding hydrogens is 318 g/mol. The number of nitrogens with two attached hydrogens (primary N) is 1. The van der Waals surface area contributed by atoms with Crippen molar-refractivity contribution in [1.29, 1.82) is 0 Å². The monoisotopic (exact) mass is 339 g/mol. The van der Waals surface area contributed by atoms with E-state index in [0.717, 1.165) is 28.3 Å². The molecule has 0 atom stereocenters. The molecule has 130 valence electrons. The van der Waals surface area contributed by atoms with Crippen molar-refractivity contribution in [2.45, 2.75) is 13.1 Å². The van der Waals surface area contributed by atoms with Gasteiger partial charge >= 0.3 is 0 Å². The van der Waals surface area contributed by atoms with Gasteiger partial charge in [0.15, 0.2) is 0 Å². The van der Waals surface area contributed by atoms with Gasteiger partial charge < -0.3 is 24.9 Å². The first kappa shape index (κ1) is 16.9. The predicted molar refractivity (Wildman–Crippen MR) is 96.4 cm³/mol. The van der Waals surface area contributed by atoms with Crippen molar-refractivity contribution >= 4 is 5.82 Å². The van der Waals surface area contributed by atoms with E-state index >= 15 is 0 Å². The van der Waals surface area contributed by atoms with Crippen molar-refractivity contribution < 1.29 is 13.9 Å². The molecule has 2 heterocycles. The first-order valence-electron chi connectivity index (χ1n) is 7.92. The van der Waals surface area contributed by atoms with E-state index in [1.165, 1.54) is 0 Å². The molecule has 0 aliphatic carbocycles. The minimum Gasteiger partial charge on any atom is -0.496 e. The van der Waals surface area contributed by atoms with E-state index in [-0.39, 0.29) is 0 Å². The average molecular weight is 339 g/mol. The van der Waals surface area contributed by atoms with Crippen molar-refractivity contribution in [2.75, 3.05) is 20.0 Å². The Hall–Kier alpha value is -2.99. The summed E-state index contributed by atoms with van der Waals surface area (Å²) in [5.41, 5.74) is 8.36. The van der Waals surface area contributed by atoms with E-state index in [9.17, 15) is 0 Å². The van der Waals surface area contributed by atoms with Crippen LogP contribution >= 0.6 is 0 Å². The molecule has 0 unspecified atom stereocenters. The van der Waals surface area contributed by atoms with E-state index in [4.69, 9.17) is 19.6 Å².